The smallest absolute Gasteiger partial charge is 0.147 e. The number of benzene rings is 1. The van der Waals surface area contributed by atoms with E-state index in [0.29, 0.717) is 22.4 Å². The molecule has 0 atom stereocenters. The van der Waals surface area contributed by atoms with Crippen molar-refractivity contribution in [3.63, 3.8) is 0 Å². The zero-order chi connectivity index (χ0) is 12.3. The maximum absolute atomic E-state index is 5.84. The lowest BCUT2D eigenvalue weighted by molar-refractivity contribution is 0.475. The van der Waals surface area contributed by atoms with Gasteiger partial charge in [-0.3, -0.25) is 4.98 Å². The molecular weight excluding hydrogens is 325 g/mol. The van der Waals surface area contributed by atoms with Crippen LogP contribution in [0.5, 0.6) is 11.5 Å². The van der Waals surface area contributed by atoms with E-state index in [1.54, 1.807) is 18.5 Å². The number of rotatable bonds is 3. The van der Waals surface area contributed by atoms with Crippen molar-refractivity contribution < 1.29 is 4.74 Å². The summed E-state index contributed by atoms with van der Waals surface area (Å²) in [6, 6.07) is 7.39. The largest absolute Gasteiger partial charge is 0.455 e. The van der Waals surface area contributed by atoms with Crippen LogP contribution in [0, 0.1) is 0 Å². The van der Waals surface area contributed by atoms with Gasteiger partial charge in [0.2, 0.25) is 0 Å². The van der Waals surface area contributed by atoms with E-state index in [2.05, 4.69) is 20.9 Å². The first-order valence-electron chi connectivity index (χ1n) is 4.82. The molecule has 1 aromatic heterocycles. The van der Waals surface area contributed by atoms with Crippen LogP contribution in [-0.2, 0) is 5.88 Å². The molecule has 2 rings (SSSR count). The summed E-state index contributed by atoms with van der Waals surface area (Å²) in [6.07, 6.45) is 3.16. The standard InChI is InChI=1S/C12H8BrCl2NO/c13-9-2-1-8(5-14)12(3-9)17-11-4-10(15)6-16-7-11/h1-4,6-7H,5H2. The molecule has 0 fully saturated rings. The average molecular weight is 333 g/mol. The first-order chi connectivity index (χ1) is 8.19. The van der Waals surface area contributed by atoms with E-state index in [1.807, 2.05) is 18.2 Å². The number of pyridine rings is 1. The number of alkyl halides is 1. The van der Waals surface area contributed by atoms with Crippen molar-refractivity contribution in [2.45, 2.75) is 5.88 Å². The van der Waals surface area contributed by atoms with Crippen molar-refractivity contribution in [3.05, 3.63) is 51.7 Å². The van der Waals surface area contributed by atoms with Crippen LogP contribution in [0.3, 0.4) is 0 Å². The van der Waals surface area contributed by atoms with Gasteiger partial charge in [0, 0.05) is 22.3 Å². The summed E-state index contributed by atoms with van der Waals surface area (Å²) in [6.45, 7) is 0. The zero-order valence-electron chi connectivity index (χ0n) is 8.66. The van der Waals surface area contributed by atoms with E-state index < -0.39 is 0 Å². The van der Waals surface area contributed by atoms with Crippen LogP contribution in [0.1, 0.15) is 5.56 Å². The number of nitrogens with zero attached hydrogens (tertiary/aromatic N) is 1. The van der Waals surface area contributed by atoms with E-state index in [9.17, 15) is 0 Å². The van der Waals surface area contributed by atoms with Gasteiger partial charge in [-0.2, -0.15) is 0 Å². The van der Waals surface area contributed by atoms with E-state index in [-0.39, 0.29) is 0 Å². The van der Waals surface area contributed by atoms with Crippen molar-refractivity contribution in [1.82, 2.24) is 4.98 Å². The minimum absolute atomic E-state index is 0.386. The Kier molecular flexibility index (Phi) is 4.26. The predicted molar refractivity (Wildman–Crippen MR) is 73.0 cm³/mol. The zero-order valence-corrected chi connectivity index (χ0v) is 11.8. The molecule has 88 valence electrons. The quantitative estimate of drug-likeness (QED) is 0.735. The number of ether oxygens (including phenoxy) is 1. The second kappa shape index (κ2) is 5.71. The normalized spacial score (nSPS) is 10.3. The summed E-state index contributed by atoms with van der Waals surface area (Å²) in [5, 5.41) is 0.532. The number of hydrogen-bond acceptors (Lipinski definition) is 2. The summed E-state index contributed by atoms with van der Waals surface area (Å²) < 4.78 is 6.63. The molecule has 0 amide bonds. The SMILES string of the molecule is ClCc1ccc(Br)cc1Oc1cncc(Cl)c1. The molecule has 0 N–H and O–H groups in total. The van der Waals surface area contributed by atoms with Crippen molar-refractivity contribution >= 4 is 39.1 Å². The fraction of sp³-hybridized carbons (Fsp3) is 0.0833. The highest BCUT2D eigenvalue weighted by Gasteiger charge is 2.05. The minimum atomic E-state index is 0.386. The molecule has 17 heavy (non-hydrogen) atoms. The Morgan fingerprint density at radius 3 is 2.76 bits per heavy atom. The van der Waals surface area contributed by atoms with Gasteiger partial charge in [-0.25, -0.2) is 0 Å². The Balaban J connectivity index is 2.32. The third-order valence-electron chi connectivity index (χ3n) is 2.08. The molecule has 2 aromatic rings. The van der Waals surface area contributed by atoms with Crippen LogP contribution >= 0.6 is 39.1 Å². The first-order valence-corrected chi connectivity index (χ1v) is 6.52. The fourth-order valence-electron chi connectivity index (χ4n) is 1.31. The molecule has 0 saturated carbocycles. The lowest BCUT2D eigenvalue weighted by Crippen LogP contribution is -1.90. The van der Waals surface area contributed by atoms with Gasteiger partial charge in [0.15, 0.2) is 0 Å². The Morgan fingerprint density at radius 1 is 1.24 bits per heavy atom. The van der Waals surface area contributed by atoms with E-state index in [0.717, 1.165) is 10.0 Å². The molecule has 0 bridgehead atoms. The highest BCUT2D eigenvalue weighted by Crippen LogP contribution is 2.30. The summed E-state index contributed by atoms with van der Waals surface area (Å²) in [7, 11) is 0. The van der Waals surface area contributed by atoms with Gasteiger partial charge in [-0.15, -0.1) is 11.6 Å². The molecule has 1 aromatic carbocycles. The molecule has 5 heteroatoms. The number of aromatic nitrogens is 1. The summed E-state index contributed by atoms with van der Waals surface area (Å²) >= 11 is 15.1. The third kappa shape index (κ3) is 3.35. The number of halogens is 3. The molecule has 2 nitrogen and oxygen atoms in total. The molecule has 0 unspecified atom stereocenters. The van der Waals surface area contributed by atoms with Gasteiger partial charge in [0.05, 0.1) is 17.1 Å². The molecular formula is C12H8BrCl2NO. The molecule has 0 aliphatic rings. The van der Waals surface area contributed by atoms with Crippen LogP contribution in [0.25, 0.3) is 0 Å². The molecule has 0 aliphatic carbocycles. The maximum atomic E-state index is 5.84. The Hall–Kier alpha value is -0.770. The Labute approximate surface area is 118 Å². The van der Waals surface area contributed by atoms with Crippen LogP contribution in [0.4, 0.5) is 0 Å². The lowest BCUT2D eigenvalue weighted by atomic mass is 10.2. The molecule has 0 spiro atoms. The van der Waals surface area contributed by atoms with Crippen LogP contribution in [0.15, 0.2) is 41.1 Å². The average Bonchev–Trinajstić information content (AvgIpc) is 2.29. The first kappa shape index (κ1) is 12.7. The molecule has 0 saturated heterocycles. The Morgan fingerprint density at radius 2 is 2.06 bits per heavy atom. The lowest BCUT2D eigenvalue weighted by Gasteiger charge is -2.09. The van der Waals surface area contributed by atoms with Crippen LogP contribution in [-0.4, -0.2) is 4.98 Å². The fourth-order valence-corrected chi connectivity index (χ4v) is 2.03. The van der Waals surface area contributed by atoms with Gasteiger partial charge in [0.25, 0.3) is 0 Å². The van der Waals surface area contributed by atoms with Crippen molar-refractivity contribution in [2.75, 3.05) is 0 Å². The van der Waals surface area contributed by atoms with Gasteiger partial charge in [0.1, 0.15) is 11.5 Å². The van der Waals surface area contributed by atoms with Gasteiger partial charge >= 0.3 is 0 Å². The van der Waals surface area contributed by atoms with Gasteiger partial charge in [-0.05, 0) is 12.1 Å². The van der Waals surface area contributed by atoms with E-state index in [1.165, 1.54) is 0 Å². The van der Waals surface area contributed by atoms with Gasteiger partial charge < -0.3 is 4.74 Å². The predicted octanol–water partition coefficient (Wildman–Crippen LogP) is 5.03. The summed E-state index contributed by atoms with van der Waals surface area (Å²) in [5.74, 6) is 1.66. The van der Waals surface area contributed by atoms with Gasteiger partial charge in [-0.1, -0.05) is 33.6 Å². The summed E-state index contributed by atoms with van der Waals surface area (Å²) in [5.41, 5.74) is 0.912. The second-order valence-corrected chi connectivity index (χ2v) is 4.95. The Bertz CT molecular complexity index is 534. The molecule has 1 heterocycles. The van der Waals surface area contributed by atoms with Crippen molar-refractivity contribution in [3.8, 4) is 11.5 Å². The molecule has 0 aliphatic heterocycles. The minimum Gasteiger partial charge on any atom is -0.455 e. The molecule has 0 radical (unpaired) electrons. The van der Waals surface area contributed by atoms with E-state index >= 15 is 0 Å². The topological polar surface area (TPSA) is 22.1 Å². The monoisotopic (exact) mass is 331 g/mol. The second-order valence-electron chi connectivity index (χ2n) is 3.33. The van der Waals surface area contributed by atoms with E-state index in [4.69, 9.17) is 27.9 Å². The van der Waals surface area contributed by atoms with Crippen molar-refractivity contribution in [2.24, 2.45) is 0 Å². The van der Waals surface area contributed by atoms with Crippen LogP contribution < -0.4 is 4.74 Å². The third-order valence-corrected chi connectivity index (χ3v) is 3.07. The number of hydrogen-bond donors (Lipinski definition) is 0. The maximum Gasteiger partial charge on any atom is 0.147 e. The summed E-state index contributed by atoms with van der Waals surface area (Å²) in [4.78, 5) is 3.96. The highest BCUT2D eigenvalue weighted by molar-refractivity contribution is 9.10. The van der Waals surface area contributed by atoms with Crippen LogP contribution in [0.2, 0.25) is 5.02 Å². The van der Waals surface area contributed by atoms with Crippen molar-refractivity contribution in [1.29, 1.82) is 0 Å². The highest BCUT2D eigenvalue weighted by atomic mass is 79.9.